The maximum absolute atomic E-state index is 12.3. The van der Waals surface area contributed by atoms with Crippen LogP contribution in [0.5, 0.6) is 0 Å². The lowest BCUT2D eigenvalue weighted by Crippen LogP contribution is -2.00. The molecule has 2 heterocycles. The number of para-hydroxylation sites is 1. The van der Waals surface area contributed by atoms with Crippen LogP contribution in [0.15, 0.2) is 34.7 Å². The van der Waals surface area contributed by atoms with Crippen molar-refractivity contribution >= 4 is 28.3 Å². The number of aromatic nitrogens is 2. The summed E-state index contributed by atoms with van der Waals surface area (Å²) in [6, 6.07) is 9.32. The highest BCUT2D eigenvalue weighted by molar-refractivity contribution is 7.08. The summed E-state index contributed by atoms with van der Waals surface area (Å²) in [6.45, 7) is 1.95. The van der Waals surface area contributed by atoms with E-state index in [1.54, 1.807) is 6.07 Å². The van der Waals surface area contributed by atoms with Gasteiger partial charge in [-0.1, -0.05) is 29.6 Å². The molecule has 1 aromatic carbocycles. The molecule has 0 unspecified atom stereocenters. The lowest BCUT2D eigenvalue weighted by molar-refractivity contribution is 0.101. The Hall–Kier alpha value is -2.01. The molecule has 0 aliphatic rings. The van der Waals surface area contributed by atoms with Crippen LogP contribution >= 0.6 is 11.5 Å². The molecule has 90 valence electrons. The van der Waals surface area contributed by atoms with Crippen molar-refractivity contribution in [2.75, 3.05) is 0 Å². The van der Waals surface area contributed by atoms with Gasteiger partial charge in [0.15, 0.2) is 5.76 Å². The molecule has 2 aromatic heterocycles. The van der Waals surface area contributed by atoms with E-state index >= 15 is 0 Å². The van der Waals surface area contributed by atoms with Crippen LogP contribution in [0, 0.1) is 0 Å². The fourth-order valence-electron chi connectivity index (χ4n) is 1.82. The second kappa shape index (κ2) is 4.34. The van der Waals surface area contributed by atoms with Crippen LogP contribution in [0.2, 0.25) is 0 Å². The summed E-state index contributed by atoms with van der Waals surface area (Å²) < 4.78 is 9.38. The van der Waals surface area contributed by atoms with Gasteiger partial charge >= 0.3 is 0 Å². The van der Waals surface area contributed by atoms with Gasteiger partial charge in [-0.25, -0.2) is 0 Å². The monoisotopic (exact) mass is 258 g/mol. The summed E-state index contributed by atoms with van der Waals surface area (Å²) in [5.74, 6) is 0.204. The highest BCUT2D eigenvalue weighted by Gasteiger charge is 2.20. The van der Waals surface area contributed by atoms with Gasteiger partial charge in [-0.05, 0) is 30.1 Å². The topological polar surface area (TPSA) is 56.0 Å². The molecule has 0 spiro atoms. The molecule has 4 nitrogen and oxygen atoms in total. The van der Waals surface area contributed by atoms with Crippen LogP contribution in [0.25, 0.3) is 11.0 Å². The molecule has 5 heteroatoms. The normalized spacial score (nSPS) is 10.9. The van der Waals surface area contributed by atoms with Crippen LogP contribution < -0.4 is 0 Å². The minimum atomic E-state index is -0.141. The minimum Gasteiger partial charge on any atom is -0.453 e. The predicted molar refractivity (Wildman–Crippen MR) is 68.9 cm³/mol. The number of aryl methyl sites for hydroxylation is 1. The van der Waals surface area contributed by atoms with E-state index in [0.29, 0.717) is 17.1 Å². The van der Waals surface area contributed by atoms with Gasteiger partial charge in [-0.3, -0.25) is 4.79 Å². The summed E-state index contributed by atoms with van der Waals surface area (Å²) in [5.41, 5.74) is 1.45. The number of carbonyl (C=O) groups excluding carboxylic acids is 1. The number of rotatable bonds is 3. The van der Waals surface area contributed by atoms with Gasteiger partial charge in [-0.2, -0.15) is 0 Å². The van der Waals surface area contributed by atoms with Gasteiger partial charge in [0.25, 0.3) is 0 Å². The van der Waals surface area contributed by atoms with Crippen molar-refractivity contribution in [3.63, 3.8) is 0 Å². The van der Waals surface area contributed by atoms with E-state index in [2.05, 4.69) is 9.59 Å². The zero-order valence-electron chi connectivity index (χ0n) is 9.71. The fraction of sp³-hybridized carbons (Fsp3) is 0.154. The van der Waals surface area contributed by atoms with Crippen molar-refractivity contribution in [1.29, 1.82) is 0 Å². The maximum atomic E-state index is 12.3. The van der Waals surface area contributed by atoms with Crippen molar-refractivity contribution < 1.29 is 9.21 Å². The lowest BCUT2D eigenvalue weighted by atomic mass is 10.2. The van der Waals surface area contributed by atoms with E-state index in [-0.39, 0.29) is 5.78 Å². The van der Waals surface area contributed by atoms with Crippen LogP contribution in [0.1, 0.15) is 28.0 Å². The maximum Gasteiger partial charge on any atom is 0.241 e. The highest BCUT2D eigenvalue weighted by atomic mass is 32.1. The number of carbonyl (C=O) groups is 1. The van der Waals surface area contributed by atoms with Crippen molar-refractivity contribution in [1.82, 2.24) is 9.59 Å². The van der Waals surface area contributed by atoms with Crippen LogP contribution in [0.3, 0.4) is 0 Å². The summed E-state index contributed by atoms with van der Waals surface area (Å²) in [7, 11) is 0. The third kappa shape index (κ3) is 1.73. The summed E-state index contributed by atoms with van der Waals surface area (Å²) >= 11 is 1.12. The van der Waals surface area contributed by atoms with Gasteiger partial charge in [0.2, 0.25) is 5.78 Å². The number of hydrogen-bond donors (Lipinski definition) is 0. The molecule has 0 atom stereocenters. The first-order chi connectivity index (χ1) is 8.79. The van der Waals surface area contributed by atoms with E-state index in [0.717, 1.165) is 28.2 Å². The zero-order valence-corrected chi connectivity index (χ0v) is 10.5. The summed E-state index contributed by atoms with van der Waals surface area (Å²) in [5, 5.41) is 4.87. The quantitative estimate of drug-likeness (QED) is 0.677. The van der Waals surface area contributed by atoms with Crippen molar-refractivity contribution in [3.8, 4) is 0 Å². The van der Waals surface area contributed by atoms with E-state index in [4.69, 9.17) is 4.42 Å². The Kier molecular flexibility index (Phi) is 2.68. The van der Waals surface area contributed by atoms with E-state index < -0.39 is 0 Å². The number of ketones is 1. The molecule has 18 heavy (non-hydrogen) atoms. The average Bonchev–Trinajstić information content (AvgIpc) is 3.03. The molecule has 3 aromatic rings. The predicted octanol–water partition coefficient (Wildman–Crippen LogP) is 3.08. The largest absolute Gasteiger partial charge is 0.453 e. The molecule has 0 aliphatic carbocycles. The number of hydrogen-bond acceptors (Lipinski definition) is 5. The van der Waals surface area contributed by atoms with Gasteiger partial charge in [0, 0.05) is 5.39 Å². The van der Waals surface area contributed by atoms with Gasteiger partial charge in [0.1, 0.15) is 10.5 Å². The Morgan fingerprint density at radius 1 is 1.39 bits per heavy atom. The van der Waals surface area contributed by atoms with E-state index in [9.17, 15) is 4.79 Å². The lowest BCUT2D eigenvalue weighted by Gasteiger charge is -1.94. The van der Waals surface area contributed by atoms with Crippen LogP contribution in [0.4, 0.5) is 0 Å². The first kappa shape index (κ1) is 11.1. The molecule has 3 rings (SSSR count). The Balaban J connectivity index is 2.06. The van der Waals surface area contributed by atoms with Gasteiger partial charge in [-0.15, -0.1) is 5.10 Å². The Bertz CT molecular complexity index is 681. The minimum absolute atomic E-state index is 0.141. The summed E-state index contributed by atoms with van der Waals surface area (Å²) in [6.07, 6.45) is 0.692. The first-order valence-corrected chi connectivity index (χ1v) is 6.41. The summed E-state index contributed by atoms with van der Waals surface area (Å²) in [4.78, 5) is 12.9. The molecule has 0 saturated carbocycles. The second-order valence-corrected chi connectivity index (χ2v) is 4.63. The van der Waals surface area contributed by atoms with Crippen molar-refractivity contribution in [3.05, 3.63) is 46.7 Å². The number of furan rings is 1. The molecule has 0 N–H and O–H groups in total. The van der Waals surface area contributed by atoms with Crippen LogP contribution in [-0.4, -0.2) is 15.4 Å². The van der Waals surface area contributed by atoms with Gasteiger partial charge < -0.3 is 4.42 Å². The molecule has 0 saturated heterocycles. The molecule has 0 bridgehead atoms. The Labute approximate surface area is 107 Å². The molecule has 0 radical (unpaired) electrons. The zero-order chi connectivity index (χ0) is 12.5. The Morgan fingerprint density at radius 2 is 2.22 bits per heavy atom. The molecular formula is C13H10N2O2S. The van der Waals surface area contributed by atoms with Crippen molar-refractivity contribution in [2.24, 2.45) is 0 Å². The Morgan fingerprint density at radius 3 is 3.00 bits per heavy atom. The number of fused-ring (bicyclic) bond motifs is 1. The fourth-order valence-corrected chi connectivity index (χ4v) is 2.51. The van der Waals surface area contributed by atoms with Crippen molar-refractivity contribution in [2.45, 2.75) is 13.3 Å². The smallest absolute Gasteiger partial charge is 0.241 e. The second-order valence-electron chi connectivity index (χ2n) is 3.88. The number of nitrogens with zero attached hydrogens (tertiary/aromatic N) is 2. The number of benzene rings is 1. The van der Waals surface area contributed by atoms with Crippen LogP contribution in [-0.2, 0) is 6.42 Å². The molecule has 0 fully saturated rings. The standard InChI is InChI=1S/C13H10N2O2S/c1-2-9-13(18-15-14-9)12(16)11-7-8-5-3-4-6-10(8)17-11/h3-7H,2H2,1H3. The first-order valence-electron chi connectivity index (χ1n) is 5.64. The molecular weight excluding hydrogens is 248 g/mol. The molecule has 0 aliphatic heterocycles. The third-order valence-electron chi connectivity index (χ3n) is 2.75. The SMILES string of the molecule is CCc1nnsc1C(=O)c1cc2ccccc2o1. The van der Waals surface area contributed by atoms with E-state index in [1.165, 1.54) is 0 Å². The third-order valence-corrected chi connectivity index (χ3v) is 3.51. The highest BCUT2D eigenvalue weighted by Crippen LogP contribution is 2.23. The van der Waals surface area contributed by atoms with Gasteiger partial charge in [0.05, 0.1) is 5.69 Å². The molecule has 0 amide bonds. The van der Waals surface area contributed by atoms with E-state index in [1.807, 2.05) is 31.2 Å². The average molecular weight is 258 g/mol.